The minimum Gasteiger partial charge on any atom is -0.338 e. The van der Waals surface area contributed by atoms with Gasteiger partial charge in [-0.1, -0.05) is 32.0 Å². The van der Waals surface area contributed by atoms with E-state index in [1.54, 1.807) is 24.5 Å². The summed E-state index contributed by atoms with van der Waals surface area (Å²) >= 11 is 0. The molecule has 134 valence electrons. The van der Waals surface area contributed by atoms with E-state index in [1.807, 2.05) is 45.0 Å². The summed E-state index contributed by atoms with van der Waals surface area (Å²) in [4.78, 5) is 20.4. The largest absolute Gasteiger partial charge is 0.338 e. The number of aromatic nitrogens is 3. The Labute approximate surface area is 151 Å². The van der Waals surface area contributed by atoms with Crippen LogP contribution < -0.4 is 10.6 Å². The summed E-state index contributed by atoms with van der Waals surface area (Å²) in [5, 5.41) is 9.58. The molecular formula is C19H21N5O2. The smallest absolute Gasteiger partial charge is 0.319 e. The first-order valence-electron chi connectivity index (χ1n) is 8.30. The van der Waals surface area contributed by atoms with Crippen LogP contribution in [0, 0.1) is 0 Å². The van der Waals surface area contributed by atoms with Gasteiger partial charge in [0.15, 0.2) is 0 Å². The number of amides is 2. The molecule has 26 heavy (non-hydrogen) atoms. The Hall–Kier alpha value is -3.22. The van der Waals surface area contributed by atoms with Crippen LogP contribution in [-0.4, -0.2) is 21.2 Å². The van der Waals surface area contributed by atoms with E-state index in [0.717, 1.165) is 11.1 Å². The zero-order valence-electron chi connectivity index (χ0n) is 15.0. The first-order chi connectivity index (χ1) is 12.4. The van der Waals surface area contributed by atoms with E-state index in [0.29, 0.717) is 23.9 Å². The zero-order chi connectivity index (χ0) is 18.6. The molecule has 0 bridgehead atoms. The third-order valence-electron chi connectivity index (χ3n) is 3.64. The third kappa shape index (κ3) is 4.44. The van der Waals surface area contributed by atoms with Crippen molar-refractivity contribution in [2.24, 2.45) is 0 Å². The van der Waals surface area contributed by atoms with Crippen molar-refractivity contribution in [2.75, 3.05) is 5.32 Å². The number of carbonyl (C=O) groups is 1. The second-order valence-corrected chi connectivity index (χ2v) is 6.92. The van der Waals surface area contributed by atoms with E-state index in [-0.39, 0.29) is 11.4 Å². The molecule has 0 aliphatic rings. The van der Waals surface area contributed by atoms with Gasteiger partial charge in [-0.15, -0.1) is 0 Å². The molecular weight excluding hydrogens is 330 g/mol. The quantitative estimate of drug-likeness (QED) is 0.747. The molecule has 1 aromatic carbocycles. The molecule has 2 heterocycles. The van der Waals surface area contributed by atoms with Crippen molar-refractivity contribution >= 4 is 11.7 Å². The number of hydrogen-bond donors (Lipinski definition) is 2. The SMILES string of the molecule is CC(C)(C)c1nc(-c2ccc(NC(=O)NCc3cccnc3)cc2)no1. The number of carbonyl (C=O) groups excluding carboxylic acids is 1. The van der Waals surface area contributed by atoms with Crippen LogP contribution >= 0.6 is 0 Å². The lowest BCUT2D eigenvalue weighted by Crippen LogP contribution is -2.28. The Morgan fingerprint density at radius 2 is 1.92 bits per heavy atom. The Morgan fingerprint density at radius 1 is 1.15 bits per heavy atom. The average molecular weight is 351 g/mol. The fourth-order valence-electron chi connectivity index (χ4n) is 2.21. The van der Waals surface area contributed by atoms with Gasteiger partial charge in [-0.2, -0.15) is 4.98 Å². The monoisotopic (exact) mass is 351 g/mol. The molecule has 0 saturated carbocycles. The molecule has 3 rings (SSSR count). The van der Waals surface area contributed by atoms with Crippen LogP contribution in [0.2, 0.25) is 0 Å². The van der Waals surface area contributed by atoms with E-state index < -0.39 is 0 Å². The summed E-state index contributed by atoms with van der Waals surface area (Å²) in [6, 6.07) is 10.7. The van der Waals surface area contributed by atoms with Gasteiger partial charge in [0.1, 0.15) is 0 Å². The van der Waals surface area contributed by atoms with E-state index in [9.17, 15) is 4.79 Å². The molecule has 2 N–H and O–H groups in total. The van der Waals surface area contributed by atoms with Crippen molar-refractivity contribution in [2.45, 2.75) is 32.7 Å². The first kappa shape index (κ1) is 17.6. The number of anilines is 1. The predicted molar refractivity (Wildman–Crippen MR) is 98.5 cm³/mol. The maximum atomic E-state index is 12.0. The van der Waals surface area contributed by atoms with Crippen LogP contribution in [-0.2, 0) is 12.0 Å². The molecule has 0 aliphatic heterocycles. The summed E-state index contributed by atoms with van der Waals surface area (Å²) in [5.41, 5.74) is 2.24. The Kier molecular flexibility index (Phi) is 4.97. The Bertz CT molecular complexity index is 867. The molecule has 0 fully saturated rings. The van der Waals surface area contributed by atoms with Gasteiger partial charge in [0.05, 0.1) is 0 Å². The highest BCUT2D eigenvalue weighted by Crippen LogP contribution is 2.24. The van der Waals surface area contributed by atoms with Crippen molar-refractivity contribution < 1.29 is 9.32 Å². The van der Waals surface area contributed by atoms with Crippen molar-refractivity contribution in [1.82, 2.24) is 20.4 Å². The molecule has 7 heteroatoms. The molecule has 2 aromatic heterocycles. The van der Waals surface area contributed by atoms with Gasteiger partial charge in [-0.25, -0.2) is 4.79 Å². The van der Waals surface area contributed by atoms with Gasteiger partial charge in [-0.05, 0) is 35.9 Å². The van der Waals surface area contributed by atoms with E-state index in [4.69, 9.17) is 4.52 Å². The highest BCUT2D eigenvalue weighted by molar-refractivity contribution is 5.89. The van der Waals surface area contributed by atoms with Crippen LogP contribution in [0.15, 0.2) is 53.3 Å². The number of nitrogens with zero attached hydrogens (tertiary/aromatic N) is 3. The number of hydrogen-bond acceptors (Lipinski definition) is 5. The van der Waals surface area contributed by atoms with Gasteiger partial charge in [-0.3, -0.25) is 4.98 Å². The highest BCUT2D eigenvalue weighted by Gasteiger charge is 2.22. The van der Waals surface area contributed by atoms with Crippen LogP contribution in [0.3, 0.4) is 0 Å². The molecule has 3 aromatic rings. The van der Waals surface area contributed by atoms with Crippen LogP contribution in [0.4, 0.5) is 10.5 Å². The summed E-state index contributed by atoms with van der Waals surface area (Å²) in [6.07, 6.45) is 3.41. The molecule has 0 spiro atoms. The number of urea groups is 1. The second kappa shape index (κ2) is 7.35. The molecule has 2 amide bonds. The predicted octanol–water partition coefficient (Wildman–Crippen LogP) is 3.75. The molecule has 0 atom stereocenters. The molecule has 0 unspecified atom stereocenters. The van der Waals surface area contributed by atoms with E-state index in [1.165, 1.54) is 0 Å². The van der Waals surface area contributed by atoms with Gasteiger partial charge in [0.2, 0.25) is 11.7 Å². The molecule has 0 aliphatic carbocycles. The Balaban J connectivity index is 1.59. The topological polar surface area (TPSA) is 92.9 Å². The van der Waals surface area contributed by atoms with Crippen molar-refractivity contribution in [3.05, 3.63) is 60.2 Å². The maximum Gasteiger partial charge on any atom is 0.319 e. The Morgan fingerprint density at radius 3 is 2.54 bits per heavy atom. The van der Waals surface area contributed by atoms with Crippen LogP contribution in [0.1, 0.15) is 32.2 Å². The minimum absolute atomic E-state index is 0.195. The number of rotatable bonds is 4. The second-order valence-electron chi connectivity index (χ2n) is 6.92. The lowest BCUT2D eigenvalue weighted by atomic mass is 9.97. The zero-order valence-corrected chi connectivity index (χ0v) is 15.0. The third-order valence-corrected chi connectivity index (χ3v) is 3.64. The lowest BCUT2D eigenvalue weighted by molar-refractivity contribution is 0.251. The first-order valence-corrected chi connectivity index (χ1v) is 8.30. The lowest BCUT2D eigenvalue weighted by Gasteiger charge is -2.10. The van der Waals surface area contributed by atoms with Crippen molar-refractivity contribution in [1.29, 1.82) is 0 Å². The van der Waals surface area contributed by atoms with Gasteiger partial charge in [0.25, 0.3) is 0 Å². The number of pyridine rings is 1. The van der Waals surface area contributed by atoms with E-state index in [2.05, 4.69) is 25.8 Å². The van der Waals surface area contributed by atoms with Gasteiger partial charge >= 0.3 is 6.03 Å². The fourth-order valence-corrected chi connectivity index (χ4v) is 2.21. The summed E-state index contributed by atoms with van der Waals surface area (Å²) in [7, 11) is 0. The van der Waals surface area contributed by atoms with Gasteiger partial charge in [0, 0.05) is 35.6 Å². The highest BCUT2D eigenvalue weighted by atomic mass is 16.5. The molecule has 0 radical (unpaired) electrons. The van der Waals surface area contributed by atoms with Crippen LogP contribution in [0.5, 0.6) is 0 Å². The number of nitrogens with one attached hydrogen (secondary N) is 2. The number of benzene rings is 1. The minimum atomic E-state index is -0.281. The molecule has 0 saturated heterocycles. The summed E-state index contributed by atoms with van der Waals surface area (Å²) in [5.74, 6) is 1.12. The normalized spacial score (nSPS) is 11.2. The molecule has 7 nitrogen and oxygen atoms in total. The van der Waals surface area contributed by atoms with E-state index >= 15 is 0 Å². The maximum absolute atomic E-state index is 12.0. The average Bonchev–Trinajstić information content (AvgIpc) is 3.12. The summed E-state index contributed by atoms with van der Waals surface area (Å²) in [6.45, 7) is 6.46. The van der Waals surface area contributed by atoms with Crippen molar-refractivity contribution in [3.63, 3.8) is 0 Å². The summed E-state index contributed by atoms with van der Waals surface area (Å²) < 4.78 is 5.31. The fraction of sp³-hybridized carbons (Fsp3) is 0.263. The van der Waals surface area contributed by atoms with Gasteiger partial charge < -0.3 is 15.2 Å². The van der Waals surface area contributed by atoms with Crippen LogP contribution in [0.25, 0.3) is 11.4 Å². The van der Waals surface area contributed by atoms with Crippen molar-refractivity contribution in [3.8, 4) is 11.4 Å². The standard InChI is InChI=1S/C19H21N5O2/c1-19(2,3)17-23-16(24-26-17)14-6-8-15(9-7-14)22-18(25)21-12-13-5-4-10-20-11-13/h4-11H,12H2,1-3H3,(H2,21,22,25).